The summed E-state index contributed by atoms with van der Waals surface area (Å²) < 4.78 is 5.03. The standard InChI is InChI=1S/C7H10ClN5O2/c1-2-15-7-12-5(8)11-6(13-7)10-3-4(9)14/h2-3H2,1H3,(H2,9,14)(H,10,11,12,13). The van der Waals surface area contributed by atoms with Gasteiger partial charge >= 0.3 is 6.01 Å². The highest BCUT2D eigenvalue weighted by molar-refractivity contribution is 6.28. The van der Waals surface area contributed by atoms with Crippen LogP contribution in [0.4, 0.5) is 5.95 Å². The minimum atomic E-state index is -0.524. The van der Waals surface area contributed by atoms with Crippen LogP contribution in [0.3, 0.4) is 0 Å². The Morgan fingerprint density at radius 1 is 1.53 bits per heavy atom. The zero-order valence-corrected chi connectivity index (χ0v) is 8.78. The van der Waals surface area contributed by atoms with Crippen molar-refractivity contribution in [1.29, 1.82) is 0 Å². The van der Waals surface area contributed by atoms with Crippen molar-refractivity contribution >= 4 is 23.5 Å². The van der Waals surface area contributed by atoms with Gasteiger partial charge in [-0.2, -0.15) is 15.0 Å². The van der Waals surface area contributed by atoms with Crippen LogP contribution in [0.25, 0.3) is 0 Å². The fourth-order valence-electron chi connectivity index (χ4n) is 0.771. The second kappa shape index (κ2) is 5.30. The van der Waals surface area contributed by atoms with Gasteiger partial charge in [-0.1, -0.05) is 0 Å². The number of hydrogen-bond donors (Lipinski definition) is 2. The van der Waals surface area contributed by atoms with Crippen molar-refractivity contribution in [3.63, 3.8) is 0 Å². The topological polar surface area (TPSA) is 103 Å². The lowest BCUT2D eigenvalue weighted by molar-refractivity contribution is -0.116. The molecule has 0 aliphatic carbocycles. The highest BCUT2D eigenvalue weighted by Gasteiger charge is 2.05. The van der Waals surface area contributed by atoms with Crippen LogP contribution in [0.2, 0.25) is 5.28 Å². The van der Waals surface area contributed by atoms with Crippen molar-refractivity contribution in [1.82, 2.24) is 15.0 Å². The van der Waals surface area contributed by atoms with Crippen molar-refractivity contribution < 1.29 is 9.53 Å². The first-order valence-electron chi connectivity index (χ1n) is 4.18. The largest absolute Gasteiger partial charge is 0.464 e. The fourth-order valence-corrected chi connectivity index (χ4v) is 0.923. The predicted octanol–water partition coefficient (Wildman–Crippen LogP) is -0.179. The number of nitrogens with zero attached hydrogens (tertiary/aromatic N) is 3. The van der Waals surface area contributed by atoms with Gasteiger partial charge < -0.3 is 15.8 Å². The first-order valence-corrected chi connectivity index (χ1v) is 4.56. The van der Waals surface area contributed by atoms with Gasteiger partial charge in [-0.05, 0) is 18.5 Å². The van der Waals surface area contributed by atoms with E-state index in [0.29, 0.717) is 6.61 Å². The lowest BCUT2D eigenvalue weighted by Gasteiger charge is -2.04. The molecule has 0 spiro atoms. The summed E-state index contributed by atoms with van der Waals surface area (Å²) in [5, 5.41) is 2.57. The molecule has 0 bridgehead atoms. The Hall–Kier alpha value is -1.63. The molecule has 1 aromatic rings. The molecule has 1 rings (SSSR count). The van der Waals surface area contributed by atoms with Gasteiger partial charge in [-0.3, -0.25) is 4.79 Å². The highest BCUT2D eigenvalue weighted by Crippen LogP contribution is 2.10. The van der Waals surface area contributed by atoms with Gasteiger partial charge in [-0.15, -0.1) is 0 Å². The third-order valence-electron chi connectivity index (χ3n) is 1.28. The zero-order chi connectivity index (χ0) is 11.3. The van der Waals surface area contributed by atoms with Gasteiger partial charge in [-0.25, -0.2) is 0 Å². The summed E-state index contributed by atoms with van der Waals surface area (Å²) in [5.41, 5.74) is 4.94. The average molecular weight is 232 g/mol. The van der Waals surface area contributed by atoms with E-state index in [9.17, 15) is 4.79 Å². The normalized spacial score (nSPS) is 9.73. The van der Waals surface area contributed by atoms with E-state index in [1.54, 1.807) is 6.92 Å². The van der Waals surface area contributed by atoms with E-state index in [-0.39, 0.29) is 23.8 Å². The fraction of sp³-hybridized carbons (Fsp3) is 0.429. The molecule has 3 N–H and O–H groups in total. The molecule has 1 amide bonds. The Morgan fingerprint density at radius 2 is 2.27 bits per heavy atom. The van der Waals surface area contributed by atoms with Gasteiger partial charge in [0.05, 0.1) is 13.2 Å². The van der Waals surface area contributed by atoms with Crippen LogP contribution in [0.1, 0.15) is 6.92 Å². The second-order valence-electron chi connectivity index (χ2n) is 2.46. The van der Waals surface area contributed by atoms with Crippen molar-refractivity contribution in [3.8, 4) is 6.01 Å². The Balaban J connectivity index is 2.74. The molecule has 0 saturated carbocycles. The number of amides is 1. The summed E-state index contributed by atoms with van der Waals surface area (Å²) in [5.74, 6) is -0.373. The number of hydrogen-bond acceptors (Lipinski definition) is 6. The second-order valence-corrected chi connectivity index (χ2v) is 2.80. The number of ether oxygens (including phenoxy) is 1. The molecule has 0 fully saturated rings. The monoisotopic (exact) mass is 231 g/mol. The van der Waals surface area contributed by atoms with Gasteiger partial charge in [0.1, 0.15) is 0 Å². The molecule has 82 valence electrons. The van der Waals surface area contributed by atoms with E-state index in [1.165, 1.54) is 0 Å². The van der Waals surface area contributed by atoms with Crippen LogP contribution < -0.4 is 15.8 Å². The van der Waals surface area contributed by atoms with Crippen molar-refractivity contribution in [3.05, 3.63) is 5.28 Å². The quantitative estimate of drug-likeness (QED) is 0.729. The summed E-state index contributed by atoms with van der Waals surface area (Å²) in [6.07, 6.45) is 0. The molecule has 1 heterocycles. The maximum atomic E-state index is 10.5. The molecular weight excluding hydrogens is 222 g/mol. The Morgan fingerprint density at radius 3 is 2.87 bits per heavy atom. The van der Waals surface area contributed by atoms with E-state index >= 15 is 0 Å². The van der Waals surface area contributed by atoms with E-state index < -0.39 is 5.91 Å². The molecule has 0 aliphatic heterocycles. The molecular formula is C7H10ClN5O2. The summed E-state index contributed by atoms with van der Waals surface area (Å²) >= 11 is 5.60. The number of carbonyl (C=O) groups excluding carboxylic acids is 1. The van der Waals surface area contributed by atoms with E-state index in [1.807, 2.05) is 0 Å². The molecule has 0 radical (unpaired) electrons. The molecule has 15 heavy (non-hydrogen) atoms. The number of anilines is 1. The number of primary amides is 1. The smallest absolute Gasteiger partial charge is 0.322 e. The average Bonchev–Trinajstić information content (AvgIpc) is 2.14. The van der Waals surface area contributed by atoms with Gasteiger partial charge in [0, 0.05) is 0 Å². The summed E-state index contributed by atoms with van der Waals surface area (Å²) in [6.45, 7) is 2.12. The van der Waals surface area contributed by atoms with Crippen LogP contribution in [0.5, 0.6) is 6.01 Å². The minimum Gasteiger partial charge on any atom is -0.464 e. The zero-order valence-electron chi connectivity index (χ0n) is 8.03. The molecule has 1 aromatic heterocycles. The van der Waals surface area contributed by atoms with E-state index in [0.717, 1.165) is 0 Å². The number of carbonyl (C=O) groups is 1. The third kappa shape index (κ3) is 3.94. The minimum absolute atomic E-state index is 0.0135. The highest BCUT2D eigenvalue weighted by atomic mass is 35.5. The lowest BCUT2D eigenvalue weighted by atomic mass is 10.6. The molecule has 0 atom stereocenters. The summed E-state index contributed by atoms with van der Waals surface area (Å²) in [6, 6.07) is 0.101. The van der Waals surface area contributed by atoms with Crippen molar-refractivity contribution in [2.24, 2.45) is 5.73 Å². The van der Waals surface area contributed by atoms with Crippen LogP contribution in [-0.2, 0) is 4.79 Å². The summed E-state index contributed by atoms with van der Waals surface area (Å²) in [7, 11) is 0. The van der Waals surface area contributed by atoms with Gasteiger partial charge in [0.15, 0.2) is 0 Å². The number of nitrogens with two attached hydrogens (primary N) is 1. The lowest BCUT2D eigenvalue weighted by Crippen LogP contribution is -2.23. The van der Waals surface area contributed by atoms with Crippen LogP contribution in [0.15, 0.2) is 0 Å². The first kappa shape index (κ1) is 11.4. The Kier molecular flexibility index (Phi) is 4.04. The molecule has 0 aromatic carbocycles. The number of nitrogens with one attached hydrogen (secondary N) is 1. The summed E-state index contributed by atoms with van der Waals surface area (Å²) in [4.78, 5) is 21.8. The number of halogens is 1. The van der Waals surface area contributed by atoms with Crippen LogP contribution in [0, 0.1) is 0 Å². The molecule has 0 aliphatic rings. The van der Waals surface area contributed by atoms with Crippen molar-refractivity contribution in [2.45, 2.75) is 6.92 Å². The van der Waals surface area contributed by atoms with E-state index in [4.69, 9.17) is 22.1 Å². The molecule has 0 unspecified atom stereocenters. The Labute approximate surface area is 91.0 Å². The Bertz CT molecular complexity index is 359. The number of rotatable bonds is 5. The SMILES string of the molecule is CCOc1nc(Cl)nc(NCC(N)=O)n1. The van der Waals surface area contributed by atoms with Crippen LogP contribution in [-0.4, -0.2) is 34.0 Å². The number of aromatic nitrogens is 3. The van der Waals surface area contributed by atoms with Gasteiger partial charge in [0.2, 0.25) is 17.1 Å². The molecule has 7 nitrogen and oxygen atoms in total. The van der Waals surface area contributed by atoms with Crippen molar-refractivity contribution in [2.75, 3.05) is 18.5 Å². The van der Waals surface area contributed by atoms with Crippen LogP contribution >= 0.6 is 11.6 Å². The predicted molar refractivity (Wildman–Crippen MR) is 53.7 cm³/mol. The third-order valence-corrected chi connectivity index (χ3v) is 1.45. The molecule has 0 saturated heterocycles. The van der Waals surface area contributed by atoms with E-state index in [2.05, 4.69) is 20.3 Å². The maximum Gasteiger partial charge on any atom is 0.322 e. The first-order chi connectivity index (χ1) is 7.11. The molecule has 8 heteroatoms. The maximum absolute atomic E-state index is 10.5. The van der Waals surface area contributed by atoms with Gasteiger partial charge in [0.25, 0.3) is 0 Å².